The lowest BCUT2D eigenvalue weighted by molar-refractivity contribution is 0.445. The average Bonchev–Trinajstić information content (AvgIpc) is 3.01. The van der Waals surface area contributed by atoms with E-state index in [1.165, 1.54) is 11.6 Å². The topological polar surface area (TPSA) is 60.7 Å². The van der Waals surface area contributed by atoms with E-state index in [0.717, 1.165) is 34.3 Å². The number of rotatable bonds is 5. The Bertz CT molecular complexity index is 1130. The maximum atomic E-state index is 10.7. The Balaban J connectivity index is 2.24. The number of anilines is 1. The van der Waals surface area contributed by atoms with Crippen LogP contribution in [-0.4, -0.2) is 26.9 Å². The minimum Gasteiger partial charge on any atom is -0.508 e. The van der Waals surface area contributed by atoms with Crippen molar-refractivity contribution in [2.75, 3.05) is 11.9 Å². The van der Waals surface area contributed by atoms with Gasteiger partial charge in [0.2, 0.25) is 0 Å². The van der Waals surface area contributed by atoms with Crippen molar-refractivity contribution >= 4 is 39.6 Å². The van der Waals surface area contributed by atoms with Gasteiger partial charge in [-0.2, -0.15) is 0 Å². The molecule has 3 N–H and O–H groups in total. The van der Waals surface area contributed by atoms with Gasteiger partial charge in [0.05, 0.1) is 5.70 Å². The Morgan fingerprint density at radius 1 is 1.17 bits per heavy atom. The summed E-state index contributed by atoms with van der Waals surface area (Å²) in [6.45, 7) is 6.11. The highest BCUT2D eigenvalue weighted by Gasteiger charge is 2.22. The summed E-state index contributed by atoms with van der Waals surface area (Å²) in [6.07, 6.45) is 5.56. The van der Waals surface area contributed by atoms with Gasteiger partial charge in [-0.05, 0) is 67.4 Å². The molecule has 158 valence electrons. The van der Waals surface area contributed by atoms with Crippen molar-refractivity contribution in [2.24, 2.45) is 7.05 Å². The van der Waals surface area contributed by atoms with Crippen LogP contribution in [-0.2, 0) is 13.5 Å². The summed E-state index contributed by atoms with van der Waals surface area (Å²) < 4.78 is 2.11. The zero-order valence-corrected chi connectivity index (χ0v) is 19.0. The molecule has 0 atom stereocenters. The van der Waals surface area contributed by atoms with Crippen molar-refractivity contribution in [3.63, 3.8) is 0 Å². The number of phenolic OH excluding ortho intramolecular Hbond substituents is 2. The third kappa shape index (κ3) is 3.87. The van der Waals surface area contributed by atoms with E-state index in [9.17, 15) is 10.2 Å². The van der Waals surface area contributed by atoms with Gasteiger partial charge in [0, 0.05) is 48.5 Å². The minimum absolute atomic E-state index is 0.0188. The van der Waals surface area contributed by atoms with Crippen molar-refractivity contribution in [3.8, 4) is 11.5 Å². The predicted octanol–water partition coefficient (Wildman–Crippen LogP) is 5.22. The number of fused-ring (bicyclic) bond motifs is 1. The van der Waals surface area contributed by atoms with Gasteiger partial charge >= 0.3 is 0 Å². The van der Waals surface area contributed by atoms with Crippen LogP contribution in [0.5, 0.6) is 11.5 Å². The van der Waals surface area contributed by atoms with Gasteiger partial charge in [-0.1, -0.05) is 19.9 Å². The molecule has 0 unspecified atom stereocenters. The highest BCUT2D eigenvalue weighted by atomic mass is 32.1. The number of phenols is 2. The zero-order valence-electron chi connectivity index (χ0n) is 18.2. The molecule has 0 saturated carbocycles. The Morgan fingerprint density at radius 3 is 2.53 bits per heavy atom. The first-order valence-corrected chi connectivity index (χ1v) is 10.6. The SMILES string of the molecule is CCC=C(c1cc(CC)c(O)cc1O)N(C(=S)NC)c1ccc2c(c1)c(C)cn2C. The lowest BCUT2D eigenvalue weighted by atomic mass is 10.0. The van der Waals surface area contributed by atoms with E-state index in [1.807, 2.05) is 44.0 Å². The standard InChI is InChI=1S/C24H29N3O2S/c1-6-8-21(19-11-16(7-2)22(28)13-23(19)29)27(24(30)25-4)17-9-10-20-18(12-17)15(3)14-26(20)5/h8-14,28-29H,6-7H2,1-5H3,(H,25,30). The number of hydrogen-bond donors (Lipinski definition) is 3. The molecule has 5 nitrogen and oxygen atoms in total. The maximum Gasteiger partial charge on any atom is 0.177 e. The number of aromatic hydroxyl groups is 2. The molecule has 0 radical (unpaired) electrons. The van der Waals surface area contributed by atoms with E-state index in [2.05, 4.69) is 35.1 Å². The molecule has 0 bridgehead atoms. The first kappa shape index (κ1) is 21.7. The number of hydrogen-bond acceptors (Lipinski definition) is 3. The van der Waals surface area contributed by atoms with Gasteiger partial charge < -0.3 is 20.1 Å². The Kier molecular flexibility index (Phi) is 6.37. The van der Waals surface area contributed by atoms with Crippen molar-refractivity contribution in [1.29, 1.82) is 0 Å². The summed E-state index contributed by atoms with van der Waals surface area (Å²) >= 11 is 5.68. The number of allylic oxidation sites excluding steroid dienone is 1. The van der Waals surface area contributed by atoms with Crippen LogP contribution in [0.4, 0.5) is 5.69 Å². The molecule has 0 spiro atoms. The van der Waals surface area contributed by atoms with E-state index < -0.39 is 0 Å². The maximum absolute atomic E-state index is 10.7. The molecular formula is C24H29N3O2S. The van der Waals surface area contributed by atoms with E-state index in [1.54, 1.807) is 7.05 Å². The predicted molar refractivity (Wildman–Crippen MR) is 129 cm³/mol. The fraction of sp³-hybridized carbons (Fsp3) is 0.292. The Labute approximate surface area is 183 Å². The molecule has 0 aliphatic heterocycles. The second kappa shape index (κ2) is 8.79. The van der Waals surface area contributed by atoms with E-state index in [4.69, 9.17) is 12.2 Å². The largest absolute Gasteiger partial charge is 0.508 e. The summed E-state index contributed by atoms with van der Waals surface area (Å²) in [5.74, 6) is 0.115. The fourth-order valence-electron chi connectivity index (χ4n) is 3.82. The second-order valence-corrected chi connectivity index (χ2v) is 7.75. The highest BCUT2D eigenvalue weighted by molar-refractivity contribution is 7.80. The van der Waals surface area contributed by atoms with Crippen LogP contribution in [0.15, 0.2) is 42.6 Å². The van der Waals surface area contributed by atoms with Gasteiger partial charge in [0.15, 0.2) is 5.11 Å². The van der Waals surface area contributed by atoms with Crippen LogP contribution >= 0.6 is 12.2 Å². The van der Waals surface area contributed by atoms with Crippen LogP contribution in [0.1, 0.15) is 37.0 Å². The van der Waals surface area contributed by atoms with Crippen molar-refractivity contribution in [1.82, 2.24) is 9.88 Å². The van der Waals surface area contributed by atoms with Crippen LogP contribution in [0, 0.1) is 6.92 Å². The molecule has 6 heteroatoms. The Morgan fingerprint density at radius 2 is 1.90 bits per heavy atom. The van der Waals surface area contributed by atoms with Gasteiger partial charge in [-0.25, -0.2) is 0 Å². The second-order valence-electron chi connectivity index (χ2n) is 7.36. The Hall–Kier alpha value is -2.99. The molecule has 1 heterocycles. The van der Waals surface area contributed by atoms with E-state index in [-0.39, 0.29) is 11.5 Å². The zero-order chi connectivity index (χ0) is 22.0. The van der Waals surface area contributed by atoms with E-state index >= 15 is 0 Å². The first-order chi connectivity index (χ1) is 14.3. The number of aryl methyl sites for hydroxylation is 3. The third-order valence-corrected chi connectivity index (χ3v) is 5.73. The smallest absolute Gasteiger partial charge is 0.177 e. The molecule has 3 aromatic rings. The minimum atomic E-state index is 0.0188. The summed E-state index contributed by atoms with van der Waals surface area (Å²) in [5, 5.41) is 25.6. The molecule has 1 aromatic heterocycles. The summed E-state index contributed by atoms with van der Waals surface area (Å²) in [4.78, 5) is 1.94. The molecule has 0 aliphatic rings. The third-order valence-electron chi connectivity index (χ3n) is 5.34. The van der Waals surface area contributed by atoms with Crippen LogP contribution in [0.3, 0.4) is 0 Å². The lowest BCUT2D eigenvalue weighted by Gasteiger charge is -2.29. The van der Waals surface area contributed by atoms with Crippen molar-refractivity contribution in [2.45, 2.75) is 33.6 Å². The van der Waals surface area contributed by atoms with Crippen molar-refractivity contribution in [3.05, 3.63) is 59.3 Å². The van der Waals surface area contributed by atoms with E-state index in [0.29, 0.717) is 17.1 Å². The fourth-order valence-corrected chi connectivity index (χ4v) is 4.02. The van der Waals surface area contributed by atoms with Gasteiger partial charge in [-0.3, -0.25) is 4.90 Å². The number of aromatic nitrogens is 1. The molecule has 0 amide bonds. The molecule has 3 rings (SSSR count). The summed E-state index contributed by atoms with van der Waals surface area (Å²) in [5.41, 5.74) is 5.42. The summed E-state index contributed by atoms with van der Waals surface area (Å²) in [6, 6.07) is 9.48. The van der Waals surface area contributed by atoms with Gasteiger partial charge in [0.25, 0.3) is 0 Å². The molecule has 30 heavy (non-hydrogen) atoms. The average molecular weight is 424 g/mol. The van der Waals surface area contributed by atoms with Crippen LogP contribution in [0.25, 0.3) is 16.6 Å². The molecule has 2 aromatic carbocycles. The van der Waals surface area contributed by atoms with Crippen molar-refractivity contribution < 1.29 is 10.2 Å². The molecule has 0 aliphatic carbocycles. The van der Waals surface area contributed by atoms with Gasteiger partial charge in [0.1, 0.15) is 11.5 Å². The summed E-state index contributed by atoms with van der Waals surface area (Å²) in [7, 11) is 3.83. The van der Waals surface area contributed by atoms with Crippen LogP contribution in [0.2, 0.25) is 0 Å². The van der Waals surface area contributed by atoms with Crippen LogP contribution < -0.4 is 10.2 Å². The number of nitrogens with zero attached hydrogens (tertiary/aromatic N) is 2. The normalized spacial score (nSPS) is 11.7. The number of thiocarbonyl (C=S) groups is 1. The first-order valence-electron chi connectivity index (χ1n) is 10.1. The van der Waals surface area contributed by atoms with Gasteiger partial charge in [-0.15, -0.1) is 0 Å². The lowest BCUT2D eigenvalue weighted by Crippen LogP contribution is -2.36. The quantitative estimate of drug-likeness (QED) is 0.491. The number of nitrogens with one attached hydrogen (secondary N) is 1. The molecular weight excluding hydrogens is 394 g/mol. The molecule has 0 saturated heterocycles. The highest BCUT2D eigenvalue weighted by Crippen LogP contribution is 2.37. The monoisotopic (exact) mass is 423 g/mol. The number of benzene rings is 2. The molecule has 0 fully saturated rings.